The summed E-state index contributed by atoms with van der Waals surface area (Å²) < 4.78 is 28.4. The lowest BCUT2D eigenvalue weighted by Crippen LogP contribution is -2.11. The summed E-state index contributed by atoms with van der Waals surface area (Å²) in [6.45, 7) is 3.20. The number of rotatable bonds is 4. The van der Waals surface area contributed by atoms with Crippen molar-refractivity contribution in [2.75, 3.05) is 5.75 Å². The number of hydrogen-bond donors (Lipinski definition) is 0. The summed E-state index contributed by atoms with van der Waals surface area (Å²) in [5.41, 5.74) is 0. The molecule has 88 valence electrons. The maximum absolute atomic E-state index is 11.7. The summed E-state index contributed by atoms with van der Waals surface area (Å²) in [7, 11) is -3.36. The van der Waals surface area contributed by atoms with E-state index in [4.69, 9.17) is 4.74 Å². The molecule has 1 aromatic rings. The molecule has 0 heterocycles. The van der Waals surface area contributed by atoms with E-state index in [1.807, 2.05) is 0 Å². The number of carbonyl (C=O) groups is 1. The smallest absolute Gasteiger partial charge is 0.310 e. The van der Waals surface area contributed by atoms with Crippen molar-refractivity contribution in [3.05, 3.63) is 24.3 Å². The van der Waals surface area contributed by atoms with Gasteiger partial charge in [0.2, 0.25) is 0 Å². The first-order chi connectivity index (χ1) is 7.51. The summed E-state index contributed by atoms with van der Waals surface area (Å²) in [6, 6.07) is 6.16. The minimum atomic E-state index is -3.36. The van der Waals surface area contributed by atoms with Crippen molar-refractivity contribution in [2.24, 2.45) is 0 Å². The highest BCUT2D eigenvalue weighted by atomic mass is 32.2. The third kappa shape index (κ3) is 2.82. The molecule has 0 N–H and O–H groups in total. The maximum atomic E-state index is 11.7. The average molecular weight is 242 g/mol. The Bertz CT molecular complexity index is 477. The van der Waals surface area contributed by atoms with Crippen LogP contribution in [0, 0.1) is 0 Å². The zero-order valence-corrected chi connectivity index (χ0v) is 10.1. The zero-order chi connectivity index (χ0) is 12.2. The topological polar surface area (TPSA) is 60.4 Å². The van der Waals surface area contributed by atoms with Crippen molar-refractivity contribution < 1.29 is 17.9 Å². The Balaban J connectivity index is 3.16. The predicted octanol–water partition coefficient (Wildman–Crippen LogP) is 1.80. The third-order valence-electron chi connectivity index (χ3n) is 2.08. The molecule has 1 rings (SSSR count). The van der Waals surface area contributed by atoms with Crippen LogP contribution in [0.3, 0.4) is 0 Å². The first-order valence-corrected chi connectivity index (χ1v) is 6.69. The van der Waals surface area contributed by atoms with Crippen LogP contribution in [0.15, 0.2) is 29.2 Å². The molecular weight excluding hydrogens is 228 g/mol. The summed E-state index contributed by atoms with van der Waals surface area (Å²) in [6.07, 6.45) is 0.209. The van der Waals surface area contributed by atoms with Crippen LogP contribution in [0.2, 0.25) is 0 Å². The van der Waals surface area contributed by atoms with Gasteiger partial charge in [0, 0.05) is 6.42 Å². The predicted molar refractivity (Wildman–Crippen MR) is 60.1 cm³/mol. The van der Waals surface area contributed by atoms with Gasteiger partial charge in [0.25, 0.3) is 0 Å². The molecule has 0 fully saturated rings. The van der Waals surface area contributed by atoms with Gasteiger partial charge in [0.15, 0.2) is 9.84 Å². The minimum absolute atomic E-state index is 0.0201. The van der Waals surface area contributed by atoms with Crippen LogP contribution >= 0.6 is 0 Å². The molecule has 0 aliphatic rings. The molecule has 0 amide bonds. The first kappa shape index (κ1) is 12.7. The first-order valence-electron chi connectivity index (χ1n) is 5.03. The Morgan fingerprint density at radius 3 is 2.44 bits per heavy atom. The second-order valence-corrected chi connectivity index (χ2v) is 5.42. The Morgan fingerprint density at radius 1 is 1.25 bits per heavy atom. The zero-order valence-electron chi connectivity index (χ0n) is 9.26. The minimum Gasteiger partial charge on any atom is -0.425 e. The van der Waals surface area contributed by atoms with E-state index in [2.05, 4.69) is 0 Å². The number of carbonyl (C=O) groups excluding carboxylic acids is 1. The number of ether oxygens (including phenoxy) is 1. The Hall–Kier alpha value is -1.36. The van der Waals surface area contributed by atoms with Gasteiger partial charge >= 0.3 is 5.97 Å². The van der Waals surface area contributed by atoms with Crippen molar-refractivity contribution in [3.8, 4) is 5.75 Å². The van der Waals surface area contributed by atoms with Crippen molar-refractivity contribution in [1.29, 1.82) is 0 Å². The molecule has 0 saturated heterocycles. The van der Waals surface area contributed by atoms with E-state index < -0.39 is 15.8 Å². The van der Waals surface area contributed by atoms with Crippen LogP contribution in [0.1, 0.15) is 20.3 Å². The van der Waals surface area contributed by atoms with E-state index in [1.54, 1.807) is 26.0 Å². The van der Waals surface area contributed by atoms with Gasteiger partial charge < -0.3 is 4.74 Å². The van der Waals surface area contributed by atoms with Gasteiger partial charge in [-0.15, -0.1) is 0 Å². The third-order valence-corrected chi connectivity index (χ3v) is 3.84. The molecule has 4 nitrogen and oxygen atoms in total. The van der Waals surface area contributed by atoms with E-state index >= 15 is 0 Å². The average Bonchev–Trinajstić information content (AvgIpc) is 2.29. The summed E-state index contributed by atoms with van der Waals surface area (Å²) in [5.74, 6) is -0.358. The molecule has 5 heteroatoms. The highest BCUT2D eigenvalue weighted by Crippen LogP contribution is 2.24. The molecule has 0 spiro atoms. The van der Waals surface area contributed by atoms with Crippen molar-refractivity contribution in [3.63, 3.8) is 0 Å². The van der Waals surface area contributed by atoms with Gasteiger partial charge in [-0.3, -0.25) is 4.79 Å². The fraction of sp³-hybridized carbons (Fsp3) is 0.364. The van der Waals surface area contributed by atoms with Crippen LogP contribution < -0.4 is 4.74 Å². The van der Waals surface area contributed by atoms with Crippen molar-refractivity contribution in [2.45, 2.75) is 25.2 Å². The number of hydrogen-bond acceptors (Lipinski definition) is 4. The highest BCUT2D eigenvalue weighted by molar-refractivity contribution is 7.91. The van der Waals surface area contributed by atoms with Crippen LogP contribution in [0.4, 0.5) is 0 Å². The van der Waals surface area contributed by atoms with E-state index in [0.29, 0.717) is 0 Å². The van der Waals surface area contributed by atoms with Gasteiger partial charge in [0.05, 0.1) is 5.75 Å². The van der Waals surface area contributed by atoms with E-state index in [0.717, 1.165) is 0 Å². The molecule has 0 radical (unpaired) electrons. The number of para-hydroxylation sites is 1. The fourth-order valence-corrected chi connectivity index (χ4v) is 2.15. The maximum Gasteiger partial charge on any atom is 0.310 e. The van der Waals surface area contributed by atoms with Crippen LogP contribution in [0.25, 0.3) is 0 Å². The quantitative estimate of drug-likeness (QED) is 0.596. The molecular formula is C11H14O4S. The van der Waals surface area contributed by atoms with E-state index in [-0.39, 0.29) is 22.8 Å². The summed E-state index contributed by atoms with van der Waals surface area (Å²) >= 11 is 0. The SMILES string of the molecule is CCC(=O)Oc1ccccc1S(=O)(=O)CC. The normalized spacial score (nSPS) is 11.1. The molecule has 0 atom stereocenters. The summed E-state index contributed by atoms with van der Waals surface area (Å²) in [4.78, 5) is 11.2. The monoisotopic (exact) mass is 242 g/mol. The van der Waals surface area contributed by atoms with Crippen molar-refractivity contribution in [1.82, 2.24) is 0 Å². The molecule has 0 aliphatic carbocycles. The summed E-state index contributed by atoms with van der Waals surface area (Å²) in [5, 5.41) is 0. The van der Waals surface area contributed by atoms with Crippen LogP contribution in [0.5, 0.6) is 5.75 Å². The van der Waals surface area contributed by atoms with Gasteiger partial charge in [-0.25, -0.2) is 8.42 Å². The second-order valence-electron chi connectivity index (χ2n) is 3.18. The second kappa shape index (κ2) is 5.12. The highest BCUT2D eigenvalue weighted by Gasteiger charge is 2.18. The Kier molecular flexibility index (Phi) is 4.06. The molecule has 0 saturated carbocycles. The molecule has 0 aliphatic heterocycles. The largest absolute Gasteiger partial charge is 0.425 e. The number of sulfone groups is 1. The molecule has 16 heavy (non-hydrogen) atoms. The van der Waals surface area contributed by atoms with E-state index in [1.165, 1.54) is 12.1 Å². The Morgan fingerprint density at radius 2 is 1.88 bits per heavy atom. The van der Waals surface area contributed by atoms with Gasteiger partial charge in [-0.2, -0.15) is 0 Å². The molecule has 0 bridgehead atoms. The van der Waals surface area contributed by atoms with Gasteiger partial charge in [0.1, 0.15) is 10.6 Å². The molecule has 0 aromatic heterocycles. The van der Waals surface area contributed by atoms with Crippen molar-refractivity contribution >= 4 is 15.8 Å². The number of benzene rings is 1. The fourth-order valence-electron chi connectivity index (χ4n) is 1.14. The standard InChI is InChI=1S/C11H14O4S/c1-3-11(12)15-9-7-5-6-8-10(9)16(13,14)4-2/h5-8H,3-4H2,1-2H3. The lowest BCUT2D eigenvalue weighted by atomic mass is 10.3. The van der Waals surface area contributed by atoms with Crippen LogP contribution in [-0.4, -0.2) is 20.1 Å². The van der Waals surface area contributed by atoms with Crippen LogP contribution in [-0.2, 0) is 14.6 Å². The lowest BCUT2D eigenvalue weighted by molar-refractivity contribution is -0.134. The molecule has 1 aromatic carbocycles. The Labute approximate surface area is 95.2 Å². The van der Waals surface area contributed by atoms with Gasteiger partial charge in [-0.1, -0.05) is 26.0 Å². The van der Waals surface area contributed by atoms with Gasteiger partial charge in [-0.05, 0) is 12.1 Å². The van der Waals surface area contributed by atoms with E-state index in [9.17, 15) is 13.2 Å². The molecule has 0 unspecified atom stereocenters. The lowest BCUT2D eigenvalue weighted by Gasteiger charge is -2.08. The number of esters is 1.